The highest BCUT2D eigenvalue weighted by molar-refractivity contribution is 5.79. The van der Waals surface area contributed by atoms with Gasteiger partial charge in [-0.2, -0.15) is 10.2 Å². The van der Waals surface area contributed by atoms with E-state index in [-0.39, 0.29) is 0 Å². The Balaban J connectivity index is 1.53. The molecule has 0 fully saturated rings. The molecule has 2 aromatic heterocycles. The smallest absolute Gasteiger partial charge is 0.191 e. The minimum atomic E-state index is 0.546. The van der Waals surface area contributed by atoms with Gasteiger partial charge in [-0.1, -0.05) is 36.4 Å². The van der Waals surface area contributed by atoms with E-state index >= 15 is 0 Å². The number of hydrogen-bond donors (Lipinski definition) is 2. The van der Waals surface area contributed by atoms with E-state index in [0.717, 1.165) is 46.4 Å². The zero-order valence-electron chi connectivity index (χ0n) is 18.8. The van der Waals surface area contributed by atoms with Gasteiger partial charge in [0.15, 0.2) is 5.96 Å². The molecule has 0 amide bonds. The van der Waals surface area contributed by atoms with Crippen LogP contribution in [0.1, 0.15) is 29.4 Å². The van der Waals surface area contributed by atoms with E-state index in [4.69, 9.17) is 4.99 Å². The third-order valence-corrected chi connectivity index (χ3v) is 5.17. The SMILES string of the molecule is CCNC(=NCc1ccccc1-n1nc(C)cc1C)NCc1ccccc1-n1cccn1. The average Bonchev–Trinajstić information content (AvgIpc) is 3.45. The first kappa shape index (κ1) is 21.4. The molecule has 7 nitrogen and oxygen atoms in total. The Morgan fingerprint density at radius 3 is 2.38 bits per heavy atom. The van der Waals surface area contributed by atoms with Crippen LogP contribution in [0.2, 0.25) is 0 Å². The molecular weight excluding hydrogens is 398 g/mol. The first-order valence-electron chi connectivity index (χ1n) is 10.9. The Labute approximate surface area is 188 Å². The van der Waals surface area contributed by atoms with Crippen molar-refractivity contribution < 1.29 is 0 Å². The normalized spacial score (nSPS) is 11.5. The quantitative estimate of drug-likeness (QED) is 0.346. The minimum Gasteiger partial charge on any atom is -0.357 e. The fourth-order valence-corrected chi connectivity index (χ4v) is 3.70. The van der Waals surface area contributed by atoms with Crippen LogP contribution in [-0.4, -0.2) is 32.1 Å². The monoisotopic (exact) mass is 427 g/mol. The molecule has 2 N–H and O–H groups in total. The van der Waals surface area contributed by atoms with Gasteiger partial charge in [0.1, 0.15) is 0 Å². The van der Waals surface area contributed by atoms with Crippen molar-refractivity contribution in [2.75, 3.05) is 6.54 Å². The van der Waals surface area contributed by atoms with Gasteiger partial charge in [-0.25, -0.2) is 14.4 Å². The van der Waals surface area contributed by atoms with Crippen molar-refractivity contribution >= 4 is 5.96 Å². The topological polar surface area (TPSA) is 72.1 Å². The number of aryl methyl sites for hydroxylation is 2. The predicted octanol–water partition coefficient (Wildman–Crippen LogP) is 3.93. The van der Waals surface area contributed by atoms with Gasteiger partial charge in [0.05, 0.1) is 23.6 Å². The molecule has 4 aromatic rings. The summed E-state index contributed by atoms with van der Waals surface area (Å²) in [5.41, 5.74) is 6.49. The Hall–Kier alpha value is -3.87. The maximum absolute atomic E-state index is 4.84. The predicted molar refractivity (Wildman–Crippen MR) is 128 cm³/mol. The molecule has 4 rings (SSSR count). The first-order chi connectivity index (χ1) is 15.7. The zero-order valence-corrected chi connectivity index (χ0v) is 18.8. The number of aliphatic imine (C=N–C) groups is 1. The van der Waals surface area contributed by atoms with Gasteiger partial charge in [-0.3, -0.25) is 0 Å². The second-order valence-corrected chi connectivity index (χ2v) is 7.60. The van der Waals surface area contributed by atoms with Crippen LogP contribution in [0.25, 0.3) is 11.4 Å². The lowest BCUT2D eigenvalue weighted by atomic mass is 10.1. The van der Waals surface area contributed by atoms with Crippen molar-refractivity contribution in [1.82, 2.24) is 30.2 Å². The van der Waals surface area contributed by atoms with E-state index in [1.54, 1.807) is 6.20 Å². The highest BCUT2D eigenvalue weighted by atomic mass is 15.3. The van der Waals surface area contributed by atoms with Gasteiger partial charge >= 0.3 is 0 Å². The number of para-hydroxylation sites is 2. The Morgan fingerprint density at radius 1 is 0.938 bits per heavy atom. The summed E-state index contributed by atoms with van der Waals surface area (Å²) in [6.45, 7) is 8.12. The maximum Gasteiger partial charge on any atom is 0.191 e. The highest BCUT2D eigenvalue weighted by Crippen LogP contribution is 2.18. The van der Waals surface area contributed by atoms with Gasteiger partial charge in [0.25, 0.3) is 0 Å². The summed E-state index contributed by atoms with van der Waals surface area (Å²) in [5, 5.41) is 15.8. The molecule has 0 spiro atoms. The van der Waals surface area contributed by atoms with E-state index in [1.807, 2.05) is 52.8 Å². The van der Waals surface area contributed by atoms with Crippen LogP contribution in [0.5, 0.6) is 0 Å². The number of aromatic nitrogens is 4. The van der Waals surface area contributed by atoms with E-state index in [9.17, 15) is 0 Å². The van der Waals surface area contributed by atoms with E-state index < -0.39 is 0 Å². The van der Waals surface area contributed by atoms with Crippen LogP contribution in [-0.2, 0) is 13.1 Å². The van der Waals surface area contributed by atoms with Gasteiger partial charge in [-0.15, -0.1) is 0 Å². The average molecular weight is 428 g/mol. The van der Waals surface area contributed by atoms with E-state index in [2.05, 4.69) is 65.0 Å². The summed E-state index contributed by atoms with van der Waals surface area (Å²) in [6, 6.07) is 20.5. The molecule has 164 valence electrons. The molecule has 0 atom stereocenters. The standard InChI is InChI=1S/C25H29N7/c1-4-26-25(27-17-21-10-5-7-12-23(21)31-15-9-14-29-31)28-18-22-11-6-8-13-24(22)32-20(3)16-19(2)30-32/h5-16H,4,17-18H2,1-3H3,(H2,26,27,28). The number of hydrogen-bond acceptors (Lipinski definition) is 3. The van der Waals surface area contributed by atoms with Crippen LogP contribution in [0.4, 0.5) is 0 Å². The highest BCUT2D eigenvalue weighted by Gasteiger charge is 2.09. The maximum atomic E-state index is 4.84. The third kappa shape index (κ3) is 4.88. The van der Waals surface area contributed by atoms with Crippen molar-refractivity contribution in [2.24, 2.45) is 4.99 Å². The van der Waals surface area contributed by atoms with Crippen LogP contribution < -0.4 is 10.6 Å². The molecule has 0 aliphatic heterocycles. The van der Waals surface area contributed by atoms with Crippen LogP contribution in [0.3, 0.4) is 0 Å². The molecule has 7 heteroatoms. The fraction of sp³-hybridized carbons (Fsp3) is 0.240. The van der Waals surface area contributed by atoms with Crippen LogP contribution in [0.15, 0.2) is 78.0 Å². The Kier molecular flexibility index (Phi) is 6.65. The minimum absolute atomic E-state index is 0.546. The Bertz CT molecular complexity index is 1190. The lowest BCUT2D eigenvalue weighted by Crippen LogP contribution is -2.37. The summed E-state index contributed by atoms with van der Waals surface area (Å²) in [6.07, 6.45) is 3.74. The zero-order chi connectivity index (χ0) is 22.3. The van der Waals surface area contributed by atoms with Crippen LogP contribution in [0, 0.1) is 13.8 Å². The van der Waals surface area contributed by atoms with E-state index in [0.29, 0.717) is 13.1 Å². The number of nitrogens with zero attached hydrogens (tertiary/aromatic N) is 5. The lowest BCUT2D eigenvalue weighted by molar-refractivity contribution is 0.790. The van der Waals surface area contributed by atoms with Crippen molar-refractivity contribution in [3.8, 4) is 11.4 Å². The second kappa shape index (κ2) is 9.96. The molecule has 0 radical (unpaired) electrons. The van der Waals surface area contributed by atoms with Crippen LogP contribution >= 0.6 is 0 Å². The molecule has 0 aliphatic rings. The first-order valence-corrected chi connectivity index (χ1v) is 10.9. The van der Waals surface area contributed by atoms with Gasteiger partial charge in [-0.05, 0) is 56.2 Å². The molecule has 32 heavy (non-hydrogen) atoms. The lowest BCUT2D eigenvalue weighted by Gasteiger charge is -2.15. The molecule has 2 aromatic carbocycles. The molecule has 0 saturated heterocycles. The van der Waals surface area contributed by atoms with Gasteiger partial charge in [0.2, 0.25) is 0 Å². The largest absolute Gasteiger partial charge is 0.357 e. The van der Waals surface area contributed by atoms with Crippen molar-refractivity contribution in [2.45, 2.75) is 33.9 Å². The third-order valence-electron chi connectivity index (χ3n) is 5.17. The van der Waals surface area contributed by atoms with Crippen molar-refractivity contribution in [3.05, 3.63) is 95.6 Å². The van der Waals surface area contributed by atoms with Gasteiger partial charge in [0, 0.05) is 31.2 Å². The van der Waals surface area contributed by atoms with Gasteiger partial charge < -0.3 is 10.6 Å². The summed E-state index contributed by atoms with van der Waals surface area (Å²) in [7, 11) is 0. The van der Waals surface area contributed by atoms with Crippen molar-refractivity contribution in [1.29, 1.82) is 0 Å². The molecule has 2 heterocycles. The fourth-order valence-electron chi connectivity index (χ4n) is 3.70. The summed E-state index contributed by atoms with van der Waals surface area (Å²) >= 11 is 0. The summed E-state index contributed by atoms with van der Waals surface area (Å²) in [4.78, 5) is 4.84. The molecule has 0 saturated carbocycles. The van der Waals surface area contributed by atoms with Crippen molar-refractivity contribution in [3.63, 3.8) is 0 Å². The Morgan fingerprint density at radius 2 is 1.69 bits per heavy atom. The second-order valence-electron chi connectivity index (χ2n) is 7.60. The summed E-state index contributed by atoms with van der Waals surface area (Å²) in [5.74, 6) is 0.769. The summed E-state index contributed by atoms with van der Waals surface area (Å²) < 4.78 is 3.87. The number of benzene rings is 2. The molecule has 0 aliphatic carbocycles. The number of nitrogens with one attached hydrogen (secondary N) is 2. The number of guanidine groups is 1. The number of rotatable bonds is 7. The molecule has 0 bridgehead atoms. The van der Waals surface area contributed by atoms with E-state index in [1.165, 1.54) is 0 Å². The molecule has 0 unspecified atom stereocenters. The molecular formula is C25H29N7.